The first-order chi connectivity index (χ1) is 14.7. The molecule has 5 nitrogen and oxygen atoms in total. The maximum Gasteiger partial charge on any atom is 0.160 e. The molecule has 0 saturated carbocycles. The summed E-state index contributed by atoms with van der Waals surface area (Å²) in [6.45, 7) is 0.762. The fourth-order valence-corrected chi connectivity index (χ4v) is 3.08. The normalized spacial score (nSPS) is 10.8. The molecule has 0 aliphatic heterocycles. The fraction of sp³-hybridized carbons (Fsp3) is 0.240. The zero-order chi connectivity index (χ0) is 21.2. The molecule has 156 valence electrons. The Kier molecular flexibility index (Phi) is 8.01. The van der Waals surface area contributed by atoms with E-state index in [0.717, 1.165) is 23.0 Å². The Labute approximate surface area is 177 Å². The predicted molar refractivity (Wildman–Crippen MR) is 115 cm³/mol. The Morgan fingerprint density at radius 3 is 1.90 bits per heavy atom. The largest absolute Gasteiger partial charge is 0.489 e. The molecule has 3 aromatic rings. The van der Waals surface area contributed by atoms with Crippen molar-refractivity contribution in [2.45, 2.75) is 25.9 Å². The fourth-order valence-electron chi connectivity index (χ4n) is 3.08. The van der Waals surface area contributed by atoms with Crippen molar-refractivity contribution in [3.05, 3.63) is 95.1 Å². The van der Waals surface area contributed by atoms with Gasteiger partial charge in [-0.2, -0.15) is 0 Å². The average molecular weight is 406 g/mol. The number of ether oxygens (including phenoxy) is 4. The van der Waals surface area contributed by atoms with Crippen LogP contribution in [0.2, 0.25) is 0 Å². The number of aldehydes is 1. The van der Waals surface area contributed by atoms with Crippen molar-refractivity contribution < 1.29 is 23.7 Å². The maximum absolute atomic E-state index is 11.9. The van der Waals surface area contributed by atoms with Crippen molar-refractivity contribution in [3.63, 3.8) is 0 Å². The quantitative estimate of drug-likeness (QED) is 0.338. The van der Waals surface area contributed by atoms with Gasteiger partial charge in [-0.05, 0) is 22.8 Å². The van der Waals surface area contributed by atoms with E-state index in [1.54, 1.807) is 20.3 Å². The molecule has 0 bridgehead atoms. The first kappa shape index (κ1) is 21.6. The number of benzene rings is 3. The highest BCUT2D eigenvalue weighted by atomic mass is 16.7. The van der Waals surface area contributed by atoms with Gasteiger partial charge in [0.2, 0.25) is 0 Å². The van der Waals surface area contributed by atoms with Crippen LogP contribution in [-0.4, -0.2) is 26.8 Å². The highest BCUT2D eigenvalue weighted by Gasteiger charge is 2.17. The Bertz CT molecular complexity index is 921. The molecule has 0 N–H and O–H groups in total. The first-order valence-electron chi connectivity index (χ1n) is 9.74. The molecule has 30 heavy (non-hydrogen) atoms. The molecule has 0 fully saturated rings. The van der Waals surface area contributed by atoms with Crippen molar-refractivity contribution in [3.8, 4) is 11.5 Å². The van der Waals surface area contributed by atoms with Gasteiger partial charge in [0.1, 0.15) is 24.7 Å². The SMILES string of the molecule is COC(Cc1cc(OCc2ccccc2)cc(OCc2ccccc2)c1C=O)OC. The van der Waals surface area contributed by atoms with Crippen LogP contribution in [0.5, 0.6) is 11.5 Å². The minimum atomic E-state index is -0.477. The molecule has 3 rings (SSSR count). The van der Waals surface area contributed by atoms with Crippen LogP contribution in [0.15, 0.2) is 72.8 Å². The van der Waals surface area contributed by atoms with Crippen molar-refractivity contribution in [2.75, 3.05) is 14.2 Å². The predicted octanol–water partition coefficient (Wildman–Crippen LogP) is 4.82. The highest BCUT2D eigenvalue weighted by molar-refractivity contribution is 5.82. The zero-order valence-electron chi connectivity index (χ0n) is 17.2. The van der Waals surface area contributed by atoms with Crippen LogP contribution in [-0.2, 0) is 29.1 Å². The number of rotatable bonds is 11. The van der Waals surface area contributed by atoms with E-state index < -0.39 is 6.29 Å². The molecule has 3 aromatic carbocycles. The molecule has 0 amide bonds. The zero-order valence-corrected chi connectivity index (χ0v) is 17.2. The topological polar surface area (TPSA) is 54.0 Å². The average Bonchev–Trinajstić information content (AvgIpc) is 2.81. The lowest BCUT2D eigenvalue weighted by Crippen LogP contribution is -2.17. The van der Waals surface area contributed by atoms with Gasteiger partial charge in [-0.15, -0.1) is 0 Å². The number of methoxy groups -OCH3 is 2. The summed E-state index contributed by atoms with van der Waals surface area (Å²) in [6, 6.07) is 23.3. The molecule has 0 unspecified atom stereocenters. The van der Waals surface area contributed by atoms with E-state index >= 15 is 0 Å². The summed E-state index contributed by atoms with van der Waals surface area (Å²) in [5.41, 5.74) is 3.28. The van der Waals surface area contributed by atoms with E-state index in [9.17, 15) is 4.79 Å². The second-order valence-electron chi connectivity index (χ2n) is 6.77. The third-order valence-electron chi connectivity index (χ3n) is 4.72. The van der Waals surface area contributed by atoms with Crippen molar-refractivity contribution in [1.82, 2.24) is 0 Å². The molecule has 5 heteroatoms. The van der Waals surface area contributed by atoms with Gasteiger partial charge in [0, 0.05) is 26.7 Å². The Morgan fingerprint density at radius 2 is 1.37 bits per heavy atom. The molecule has 0 aromatic heterocycles. The summed E-state index contributed by atoms with van der Waals surface area (Å²) in [7, 11) is 3.13. The Balaban J connectivity index is 1.87. The number of carbonyl (C=O) groups is 1. The van der Waals surface area contributed by atoms with E-state index in [-0.39, 0.29) is 0 Å². The van der Waals surface area contributed by atoms with E-state index in [0.29, 0.717) is 36.7 Å². The van der Waals surface area contributed by atoms with Gasteiger partial charge in [-0.3, -0.25) is 4.79 Å². The molecule has 0 aliphatic rings. The number of hydrogen-bond acceptors (Lipinski definition) is 5. The van der Waals surface area contributed by atoms with Crippen LogP contribution in [0.3, 0.4) is 0 Å². The van der Waals surface area contributed by atoms with Crippen LogP contribution in [0.25, 0.3) is 0 Å². The Morgan fingerprint density at radius 1 is 0.800 bits per heavy atom. The summed E-state index contributed by atoms with van der Waals surface area (Å²) < 4.78 is 22.6. The lowest BCUT2D eigenvalue weighted by molar-refractivity contribution is -0.100. The second kappa shape index (κ2) is 11.1. The van der Waals surface area contributed by atoms with Crippen LogP contribution in [0.1, 0.15) is 27.0 Å². The summed E-state index contributed by atoms with van der Waals surface area (Å²) >= 11 is 0. The summed E-state index contributed by atoms with van der Waals surface area (Å²) in [6.07, 6.45) is 0.722. The standard InChI is InChI=1S/C25H26O5/c1-27-25(28-2)14-21-13-22(29-17-19-9-5-3-6-10-19)15-24(23(21)16-26)30-18-20-11-7-4-8-12-20/h3-13,15-16,25H,14,17-18H2,1-2H3. The monoisotopic (exact) mass is 406 g/mol. The molecule has 0 heterocycles. The van der Waals surface area contributed by atoms with Crippen LogP contribution >= 0.6 is 0 Å². The molecule has 0 radical (unpaired) electrons. The van der Waals surface area contributed by atoms with Gasteiger partial charge in [0.05, 0.1) is 5.56 Å². The lowest BCUT2D eigenvalue weighted by Gasteiger charge is -2.18. The van der Waals surface area contributed by atoms with Gasteiger partial charge in [-0.25, -0.2) is 0 Å². The molecule has 0 aliphatic carbocycles. The minimum absolute atomic E-state index is 0.348. The van der Waals surface area contributed by atoms with E-state index in [4.69, 9.17) is 18.9 Å². The maximum atomic E-state index is 11.9. The van der Waals surface area contributed by atoms with Gasteiger partial charge in [0.25, 0.3) is 0 Å². The van der Waals surface area contributed by atoms with Crippen molar-refractivity contribution in [1.29, 1.82) is 0 Å². The van der Waals surface area contributed by atoms with Crippen LogP contribution in [0, 0.1) is 0 Å². The smallest absolute Gasteiger partial charge is 0.160 e. The molecule has 0 atom stereocenters. The molecular formula is C25H26O5. The van der Waals surface area contributed by atoms with E-state index in [1.807, 2.05) is 66.7 Å². The number of carbonyl (C=O) groups excluding carboxylic acids is 1. The van der Waals surface area contributed by atoms with Gasteiger partial charge < -0.3 is 18.9 Å². The van der Waals surface area contributed by atoms with Gasteiger partial charge >= 0.3 is 0 Å². The highest BCUT2D eigenvalue weighted by Crippen LogP contribution is 2.30. The van der Waals surface area contributed by atoms with Crippen LogP contribution < -0.4 is 9.47 Å². The summed E-state index contributed by atoms with van der Waals surface area (Å²) in [4.78, 5) is 11.9. The summed E-state index contributed by atoms with van der Waals surface area (Å²) in [5.74, 6) is 1.09. The Hall–Kier alpha value is -3.15. The molecule has 0 saturated heterocycles. The van der Waals surface area contributed by atoms with Crippen LogP contribution in [0.4, 0.5) is 0 Å². The minimum Gasteiger partial charge on any atom is -0.489 e. The second-order valence-corrected chi connectivity index (χ2v) is 6.77. The third kappa shape index (κ3) is 5.92. The number of hydrogen-bond donors (Lipinski definition) is 0. The van der Waals surface area contributed by atoms with E-state index in [1.165, 1.54) is 0 Å². The van der Waals surface area contributed by atoms with E-state index in [2.05, 4.69) is 0 Å². The molecule has 0 spiro atoms. The van der Waals surface area contributed by atoms with Gasteiger partial charge in [0.15, 0.2) is 12.6 Å². The summed E-state index contributed by atoms with van der Waals surface area (Å²) in [5, 5.41) is 0. The van der Waals surface area contributed by atoms with Gasteiger partial charge in [-0.1, -0.05) is 60.7 Å². The molecular weight excluding hydrogens is 380 g/mol. The third-order valence-corrected chi connectivity index (χ3v) is 4.72. The lowest BCUT2D eigenvalue weighted by atomic mass is 10.0. The van der Waals surface area contributed by atoms with Crippen molar-refractivity contribution in [2.24, 2.45) is 0 Å². The first-order valence-corrected chi connectivity index (χ1v) is 9.74. The van der Waals surface area contributed by atoms with Crippen molar-refractivity contribution >= 4 is 6.29 Å².